The first-order chi connectivity index (χ1) is 20.4. The van der Waals surface area contributed by atoms with E-state index in [1.165, 1.54) is 17.6 Å². The maximum atomic E-state index is 9.50. The highest BCUT2D eigenvalue weighted by molar-refractivity contribution is 8.01. The van der Waals surface area contributed by atoms with E-state index in [0.717, 1.165) is 73.4 Å². The first-order valence-electron chi connectivity index (χ1n) is 14.5. The van der Waals surface area contributed by atoms with Crippen LogP contribution in [0.1, 0.15) is 72.6 Å². The fraction of sp³-hybridized carbons (Fsp3) is 0.562. The number of aliphatic hydroxyl groups is 2. The second-order valence-corrected chi connectivity index (χ2v) is 12.5. The fourth-order valence-corrected chi connectivity index (χ4v) is 6.35. The molecular formula is C32H56FN6O2S2+. The molecule has 0 aliphatic carbocycles. The van der Waals surface area contributed by atoms with Crippen molar-refractivity contribution >= 4 is 36.1 Å². The molecular weight excluding hydrogens is 584 g/mol. The van der Waals surface area contributed by atoms with Gasteiger partial charge >= 0.3 is 5.82 Å². The molecule has 2 unspecified atom stereocenters. The van der Waals surface area contributed by atoms with Crippen molar-refractivity contribution in [3.05, 3.63) is 65.5 Å². The number of pyridine rings is 1. The van der Waals surface area contributed by atoms with Gasteiger partial charge in [0.2, 0.25) is 0 Å². The molecule has 0 bridgehead atoms. The number of nitrogens with one attached hydrogen (secondary N) is 2. The Labute approximate surface area is 269 Å². The number of hydrogen-bond acceptors (Lipinski definition) is 8. The number of aryl methyl sites for hydroxylation is 1. The lowest BCUT2D eigenvalue weighted by Gasteiger charge is -2.32. The molecule has 1 saturated heterocycles. The highest BCUT2D eigenvalue weighted by atomic mass is 32.2. The van der Waals surface area contributed by atoms with Gasteiger partial charge in [-0.2, -0.15) is 4.68 Å². The maximum Gasteiger partial charge on any atom is 0.349 e. The molecule has 2 aliphatic heterocycles. The Hall–Kier alpha value is -2.47. The van der Waals surface area contributed by atoms with E-state index in [-0.39, 0.29) is 10.4 Å². The summed E-state index contributed by atoms with van der Waals surface area (Å²) in [4.78, 5) is 8.51. The van der Waals surface area contributed by atoms with Crippen molar-refractivity contribution in [2.24, 2.45) is 5.92 Å². The molecule has 2 atom stereocenters. The summed E-state index contributed by atoms with van der Waals surface area (Å²) in [6, 6.07) is 6.41. The average molecular weight is 640 g/mol. The Morgan fingerprint density at radius 1 is 1.16 bits per heavy atom. The average Bonchev–Trinajstić information content (AvgIpc) is 3.66. The SMILES string of the molecule is C=C(C)/C(=C\NC)SNC(=C)c1ccc(-[n+]2ccc3n2C(C)(S)CC3)nc1N1CC(C)CC1(C)C.CC.CF.CO.CO. The summed E-state index contributed by atoms with van der Waals surface area (Å²) < 4.78 is 17.4. The number of halogens is 1. The maximum absolute atomic E-state index is 9.50. The van der Waals surface area contributed by atoms with Crippen molar-refractivity contribution in [2.45, 2.75) is 78.1 Å². The minimum absolute atomic E-state index is 0.00590. The second-order valence-electron chi connectivity index (χ2n) is 10.7. The third-order valence-electron chi connectivity index (χ3n) is 6.94. The minimum atomic E-state index is -0.235. The van der Waals surface area contributed by atoms with E-state index in [1.54, 1.807) is 0 Å². The largest absolute Gasteiger partial charge is 0.400 e. The molecule has 2 aromatic heterocycles. The minimum Gasteiger partial charge on any atom is -0.400 e. The second kappa shape index (κ2) is 19.0. The van der Waals surface area contributed by atoms with Gasteiger partial charge in [0.15, 0.2) is 0 Å². The zero-order valence-corrected chi connectivity index (χ0v) is 29.8. The molecule has 2 aliphatic rings. The van der Waals surface area contributed by atoms with Crippen LogP contribution in [0.2, 0.25) is 0 Å². The van der Waals surface area contributed by atoms with E-state index in [9.17, 15) is 4.39 Å². The van der Waals surface area contributed by atoms with Gasteiger partial charge in [-0.15, -0.1) is 17.3 Å². The van der Waals surface area contributed by atoms with Gasteiger partial charge < -0.3 is 25.2 Å². The van der Waals surface area contributed by atoms with Crippen molar-refractivity contribution in [1.29, 1.82) is 0 Å². The van der Waals surface area contributed by atoms with E-state index in [4.69, 9.17) is 27.8 Å². The van der Waals surface area contributed by atoms with E-state index in [2.05, 4.69) is 89.6 Å². The summed E-state index contributed by atoms with van der Waals surface area (Å²) in [6.45, 7) is 24.5. The van der Waals surface area contributed by atoms with Crippen LogP contribution in [0.25, 0.3) is 11.5 Å². The molecule has 8 nitrogen and oxygen atoms in total. The van der Waals surface area contributed by atoms with Crippen LogP contribution in [0.3, 0.4) is 0 Å². The predicted molar refractivity (Wildman–Crippen MR) is 186 cm³/mol. The van der Waals surface area contributed by atoms with Crippen LogP contribution >= 0.6 is 24.6 Å². The molecule has 0 amide bonds. The van der Waals surface area contributed by atoms with Crippen molar-refractivity contribution in [3.8, 4) is 5.82 Å². The lowest BCUT2D eigenvalue weighted by Crippen LogP contribution is -2.47. The van der Waals surface area contributed by atoms with Gasteiger partial charge in [0.05, 0.1) is 24.1 Å². The molecule has 43 heavy (non-hydrogen) atoms. The third kappa shape index (κ3) is 10.0. The van der Waals surface area contributed by atoms with Crippen LogP contribution in [-0.2, 0) is 11.3 Å². The van der Waals surface area contributed by atoms with Gasteiger partial charge in [0, 0.05) is 56.6 Å². The standard InChI is InChI=1S/C27H38N6S2.C2H6.CH3F.2CH4O/c1-18(2)23(16-28-8)35-30-20(4)22-9-10-24(29-25(22)31-17-19(3)15-26(31,5)6)32-14-12-21-11-13-27(7,34)33(21)32;4*1-2/h9-10,12,14,16,19,28,30H,1,4,11,13,15,17H2,2-3,5-8H3;1-2H3;1H3;2*2H,1H3/p+1/b23-16+;;;;. The van der Waals surface area contributed by atoms with Crippen molar-refractivity contribution in [3.63, 3.8) is 0 Å². The number of fused-ring (bicyclic) bond motifs is 1. The summed E-state index contributed by atoms with van der Waals surface area (Å²) in [5.41, 5.74) is 4.12. The Morgan fingerprint density at radius 2 is 1.77 bits per heavy atom. The molecule has 0 aromatic carbocycles. The highest BCUT2D eigenvalue weighted by Crippen LogP contribution is 2.39. The van der Waals surface area contributed by atoms with Crippen LogP contribution in [0.5, 0.6) is 0 Å². The third-order valence-corrected chi connectivity index (χ3v) is 8.38. The van der Waals surface area contributed by atoms with Gasteiger partial charge in [-0.3, -0.25) is 4.39 Å². The number of thiol groups is 1. The van der Waals surface area contributed by atoms with Crippen molar-refractivity contribution in [2.75, 3.05) is 39.9 Å². The van der Waals surface area contributed by atoms with E-state index >= 15 is 0 Å². The Kier molecular flexibility index (Phi) is 17.9. The number of nitrogens with zero attached hydrogens (tertiary/aromatic N) is 4. The Balaban J connectivity index is 0.00000204. The van der Waals surface area contributed by atoms with Crippen LogP contribution in [0.4, 0.5) is 10.2 Å². The molecule has 1 fully saturated rings. The van der Waals surface area contributed by atoms with Gasteiger partial charge in [-0.05, 0) is 81.4 Å². The zero-order chi connectivity index (χ0) is 33.5. The number of allylic oxidation sites excluding steroid dienone is 1. The quantitative estimate of drug-likeness (QED) is 0.105. The molecule has 4 N–H and O–H groups in total. The van der Waals surface area contributed by atoms with E-state index in [1.807, 2.05) is 34.0 Å². The Morgan fingerprint density at radius 3 is 2.28 bits per heavy atom. The number of rotatable bonds is 8. The van der Waals surface area contributed by atoms with E-state index in [0.29, 0.717) is 13.1 Å². The molecule has 0 radical (unpaired) electrons. The topological polar surface area (TPSA) is 89.5 Å². The van der Waals surface area contributed by atoms with Gasteiger partial charge in [0.25, 0.3) is 5.82 Å². The first kappa shape index (κ1) is 40.5. The number of hydrogen-bond donors (Lipinski definition) is 5. The zero-order valence-electron chi connectivity index (χ0n) is 28.1. The smallest absolute Gasteiger partial charge is 0.349 e. The van der Waals surface area contributed by atoms with E-state index < -0.39 is 0 Å². The van der Waals surface area contributed by atoms with Gasteiger partial charge in [-0.25, -0.2) is 0 Å². The van der Waals surface area contributed by atoms with Crippen molar-refractivity contribution < 1.29 is 19.3 Å². The van der Waals surface area contributed by atoms with Gasteiger partial charge in [0.1, 0.15) is 11.1 Å². The molecule has 11 heteroatoms. The molecule has 244 valence electrons. The lowest BCUT2D eigenvalue weighted by molar-refractivity contribution is -0.692. The van der Waals surface area contributed by atoms with Crippen molar-refractivity contribution in [1.82, 2.24) is 19.7 Å². The van der Waals surface area contributed by atoms with Gasteiger partial charge in [-0.1, -0.05) is 33.9 Å². The molecule has 4 heterocycles. The summed E-state index contributed by atoms with van der Waals surface area (Å²) in [6.07, 6.45) is 7.21. The van der Waals surface area contributed by atoms with Crippen LogP contribution in [-0.4, -0.2) is 60.4 Å². The lowest BCUT2D eigenvalue weighted by atomic mass is 9.97. The summed E-state index contributed by atoms with van der Waals surface area (Å²) in [5.74, 6) is 2.45. The molecule has 2 aromatic rings. The number of aromatic nitrogens is 3. The normalized spacial score (nSPS) is 19.6. The Bertz CT molecular complexity index is 1200. The summed E-state index contributed by atoms with van der Waals surface area (Å²) in [7, 11) is 4.39. The first-order valence-corrected chi connectivity index (χ1v) is 15.8. The highest BCUT2D eigenvalue weighted by Gasteiger charge is 2.42. The predicted octanol–water partition coefficient (Wildman–Crippen LogP) is 6.01. The monoisotopic (exact) mass is 639 g/mol. The van der Waals surface area contributed by atoms with Crippen LogP contribution in [0.15, 0.2) is 54.2 Å². The summed E-state index contributed by atoms with van der Waals surface area (Å²) >= 11 is 6.47. The number of anilines is 1. The summed E-state index contributed by atoms with van der Waals surface area (Å²) in [5, 5.41) is 17.1. The molecule has 0 spiro atoms. The molecule has 0 saturated carbocycles. The number of alkyl halides is 1. The number of aliphatic hydroxyl groups excluding tert-OH is 2. The van der Waals surface area contributed by atoms with Crippen LogP contribution < -0.4 is 19.6 Å². The van der Waals surface area contributed by atoms with Crippen LogP contribution in [0, 0.1) is 5.92 Å². The molecule has 4 rings (SSSR count). The fourth-order valence-electron chi connectivity index (χ4n) is 5.32.